The normalized spacial score (nSPS) is 11.9. The molecule has 0 aliphatic rings. The number of rotatable bonds is 7. The van der Waals surface area contributed by atoms with Crippen LogP contribution in [-0.2, 0) is 22.6 Å². The van der Waals surface area contributed by atoms with Crippen molar-refractivity contribution in [3.8, 4) is 0 Å². The summed E-state index contributed by atoms with van der Waals surface area (Å²) < 4.78 is 5.36. The second-order valence-corrected chi connectivity index (χ2v) is 6.52. The second-order valence-electron chi connectivity index (χ2n) is 6.52. The highest BCUT2D eigenvalue weighted by atomic mass is 16.4. The predicted molar refractivity (Wildman–Crippen MR) is 102 cm³/mol. The number of carboxylic acid groups (broad SMARTS) is 1. The highest BCUT2D eigenvalue weighted by Gasteiger charge is 2.22. The molecule has 146 valence electrons. The number of para-hydroxylation sites is 1. The fraction of sp³-hybridized carbons (Fsp3) is 0.250. The summed E-state index contributed by atoms with van der Waals surface area (Å²) in [5.74, 6) is -1.19. The summed E-state index contributed by atoms with van der Waals surface area (Å²) in [5, 5.41) is 15.4. The maximum atomic E-state index is 12.6. The highest BCUT2D eigenvalue weighted by Crippen LogP contribution is 2.19. The number of benzene rings is 1. The van der Waals surface area contributed by atoms with Gasteiger partial charge in [0.15, 0.2) is 0 Å². The van der Waals surface area contributed by atoms with Gasteiger partial charge in [0.05, 0.1) is 6.54 Å². The molecule has 8 heteroatoms. The van der Waals surface area contributed by atoms with Crippen LogP contribution in [0.1, 0.15) is 34.4 Å². The molecule has 0 aliphatic carbocycles. The lowest BCUT2D eigenvalue weighted by Crippen LogP contribution is -2.47. The summed E-state index contributed by atoms with van der Waals surface area (Å²) in [4.78, 5) is 38.4. The van der Waals surface area contributed by atoms with Crippen molar-refractivity contribution in [2.24, 2.45) is 0 Å². The third-order valence-electron chi connectivity index (χ3n) is 4.43. The number of furan rings is 1. The number of carbonyl (C=O) groups is 3. The minimum absolute atomic E-state index is 0.0247. The van der Waals surface area contributed by atoms with E-state index in [4.69, 9.17) is 9.52 Å². The van der Waals surface area contributed by atoms with Crippen LogP contribution in [0, 0.1) is 6.92 Å². The van der Waals surface area contributed by atoms with Crippen LogP contribution >= 0.6 is 0 Å². The Morgan fingerprint density at radius 3 is 2.68 bits per heavy atom. The van der Waals surface area contributed by atoms with E-state index in [0.717, 1.165) is 16.5 Å². The van der Waals surface area contributed by atoms with Crippen molar-refractivity contribution in [2.75, 3.05) is 0 Å². The van der Waals surface area contributed by atoms with Crippen molar-refractivity contribution in [1.82, 2.24) is 15.6 Å². The van der Waals surface area contributed by atoms with Gasteiger partial charge in [0.1, 0.15) is 23.1 Å². The van der Waals surface area contributed by atoms with Crippen molar-refractivity contribution in [3.63, 3.8) is 0 Å². The second kappa shape index (κ2) is 7.99. The number of aromatic carboxylic acids is 1. The maximum Gasteiger partial charge on any atom is 0.339 e. The summed E-state index contributed by atoms with van der Waals surface area (Å²) in [7, 11) is 0. The summed E-state index contributed by atoms with van der Waals surface area (Å²) in [6.07, 6.45) is 2.13. The fourth-order valence-corrected chi connectivity index (χ4v) is 3.12. The van der Waals surface area contributed by atoms with E-state index in [9.17, 15) is 14.4 Å². The summed E-state index contributed by atoms with van der Waals surface area (Å²) >= 11 is 0. The Morgan fingerprint density at radius 1 is 1.25 bits per heavy atom. The molecule has 1 aromatic carbocycles. The number of carbonyl (C=O) groups excluding carboxylic acids is 2. The molecule has 1 unspecified atom stereocenters. The van der Waals surface area contributed by atoms with E-state index >= 15 is 0 Å². The predicted octanol–water partition coefficient (Wildman–Crippen LogP) is 2.13. The van der Waals surface area contributed by atoms with Gasteiger partial charge < -0.3 is 25.1 Å². The smallest absolute Gasteiger partial charge is 0.339 e. The molecule has 0 radical (unpaired) electrons. The molecule has 3 aromatic rings. The van der Waals surface area contributed by atoms with Gasteiger partial charge in [-0.2, -0.15) is 0 Å². The van der Waals surface area contributed by atoms with Gasteiger partial charge in [0.2, 0.25) is 11.8 Å². The Hall–Kier alpha value is -3.55. The van der Waals surface area contributed by atoms with Crippen LogP contribution in [0.5, 0.6) is 0 Å². The average Bonchev–Trinajstić information content (AvgIpc) is 3.22. The van der Waals surface area contributed by atoms with Crippen LogP contribution in [0.4, 0.5) is 0 Å². The van der Waals surface area contributed by atoms with E-state index in [-0.39, 0.29) is 29.7 Å². The van der Waals surface area contributed by atoms with Crippen LogP contribution < -0.4 is 10.6 Å². The molecule has 0 fully saturated rings. The molecule has 1 atom stereocenters. The van der Waals surface area contributed by atoms with Gasteiger partial charge in [-0.15, -0.1) is 0 Å². The van der Waals surface area contributed by atoms with E-state index in [1.54, 1.807) is 6.92 Å². The summed E-state index contributed by atoms with van der Waals surface area (Å²) in [6.45, 7) is 2.92. The monoisotopic (exact) mass is 383 g/mol. The molecule has 0 aliphatic heterocycles. The summed E-state index contributed by atoms with van der Waals surface area (Å²) in [6, 6.07) is 8.32. The van der Waals surface area contributed by atoms with Crippen LogP contribution in [0.25, 0.3) is 10.9 Å². The third kappa shape index (κ3) is 4.22. The Kier molecular flexibility index (Phi) is 5.49. The first-order valence-electron chi connectivity index (χ1n) is 8.77. The molecular weight excluding hydrogens is 362 g/mol. The minimum Gasteiger partial charge on any atom is -0.478 e. The minimum atomic E-state index is -1.09. The van der Waals surface area contributed by atoms with Gasteiger partial charge in [-0.3, -0.25) is 9.59 Å². The zero-order valence-corrected chi connectivity index (χ0v) is 15.5. The number of amides is 2. The molecule has 0 saturated carbocycles. The summed E-state index contributed by atoms with van der Waals surface area (Å²) in [5.41, 5.74) is 1.92. The molecule has 2 aromatic heterocycles. The number of nitrogens with one attached hydrogen (secondary N) is 3. The van der Waals surface area contributed by atoms with Crippen LogP contribution in [-0.4, -0.2) is 33.9 Å². The number of hydrogen-bond donors (Lipinski definition) is 4. The van der Waals surface area contributed by atoms with E-state index in [2.05, 4.69) is 15.6 Å². The van der Waals surface area contributed by atoms with Gasteiger partial charge in [-0.1, -0.05) is 18.2 Å². The molecule has 8 nitrogen and oxygen atoms in total. The topological polar surface area (TPSA) is 124 Å². The number of H-pyrrole nitrogens is 1. The first kappa shape index (κ1) is 19.2. The van der Waals surface area contributed by atoms with Crippen LogP contribution in [0.3, 0.4) is 0 Å². The Labute approximate surface area is 160 Å². The lowest BCUT2D eigenvalue weighted by molar-refractivity contribution is -0.128. The molecular formula is C20H21N3O5. The lowest BCUT2D eigenvalue weighted by atomic mass is 10.0. The van der Waals surface area contributed by atoms with Gasteiger partial charge >= 0.3 is 5.97 Å². The van der Waals surface area contributed by atoms with Gasteiger partial charge in [-0.25, -0.2) is 4.79 Å². The number of aromatic nitrogens is 1. The average molecular weight is 383 g/mol. The van der Waals surface area contributed by atoms with E-state index in [0.29, 0.717) is 12.2 Å². The van der Waals surface area contributed by atoms with Crippen molar-refractivity contribution in [2.45, 2.75) is 32.9 Å². The lowest BCUT2D eigenvalue weighted by Gasteiger charge is -2.17. The number of hydrogen-bond acceptors (Lipinski definition) is 4. The Morgan fingerprint density at radius 2 is 2.00 bits per heavy atom. The molecule has 28 heavy (non-hydrogen) atoms. The Bertz CT molecular complexity index is 1030. The zero-order valence-electron chi connectivity index (χ0n) is 15.5. The number of aryl methyl sites for hydroxylation is 1. The molecule has 0 spiro atoms. The van der Waals surface area contributed by atoms with Crippen molar-refractivity contribution < 1.29 is 23.9 Å². The molecule has 0 bridgehead atoms. The van der Waals surface area contributed by atoms with Crippen molar-refractivity contribution in [3.05, 3.63) is 59.2 Å². The quantitative estimate of drug-likeness (QED) is 0.497. The molecule has 3 rings (SSSR count). The van der Waals surface area contributed by atoms with Gasteiger partial charge in [0, 0.05) is 30.4 Å². The first-order valence-corrected chi connectivity index (χ1v) is 8.77. The molecule has 2 heterocycles. The largest absolute Gasteiger partial charge is 0.478 e. The van der Waals surface area contributed by atoms with E-state index < -0.39 is 12.0 Å². The molecule has 4 N–H and O–H groups in total. The highest BCUT2D eigenvalue weighted by molar-refractivity contribution is 5.90. The number of fused-ring (bicyclic) bond motifs is 1. The standard InChI is InChI=1S/C20H21N3O5/c1-11-16(20(26)27)8-14(28-11)10-22-19(25)18(23-12(2)24)7-13-9-21-17-6-4-3-5-15(13)17/h3-6,8-9,18,21H,7,10H2,1-2H3,(H,22,25)(H,23,24)(H,26,27). The molecule has 0 saturated heterocycles. The molecule has 2 amide bonds. The first-order chi connectivity index (χ1) is 13.3. The number of carboxylic acids is 1. The van der Waals surface area contributed by atoms with E-state index in [1.807, 2.05) is 30.5 Å². The van der Waals surface area contributed by atoms with Gasteiger partial charge in [-0.05, 0) is 24.6 Å². The maximum absolute atomic E-state index is 12.6. The third-order valence-corrected chi connectivity index (χ3v) is 4.43. The van der Waals surface area contributed by atoms with Crippen LogP contribution in [0.15, 0.2) is 40.9 Å². The SMILES string of the molecule is CC(=O)NC(Cc1c[nH]c2ccccc12)C(=O)NCc1cc(C(=O)O)c(C)o1. The van der Waals surface area contributed by atoms with Crippen LogP contribution in [0.2, 0.25) is 0 Å². The van der Waals surface area contributed by atoms with Gasteiger partial charge in [0.25, 0.3) is 0 Å². The van der Waals surface area contributed by atoms with E-state index in [1.165, 1.54) is 13.0 Å². The van der Waals surface area contributed by atoms with Crippen molar-refractivity contribution >= 4 is 28.7 Å². The van der Waals surface area contributed by atoms with Crippen molar-refractivity contribution in [1.29, 1.82) is 0 Å². The Balaban J connectivity index is 1.72. The fourth-order valence-electron chi connectivity index (χ4n) is 3.12. The number of aromatic amines is 1. The zero-order chi connectivity index (χ0) is 20.3.